The normalized spacial score (nSPS) is 17.0. The summed E-state index contributed by atoms with van der Waals surface area (Å²) >= 11 is 0. The molecule has 1 heterocycles. The Morgan fingerprint density at radius 2 is 2.42 bits per heavy atom. The molecule has 1 aliphatic carbocycles. The van der Waals surface area contributed by atoms with Crippen molar-refractivity contribution in [3.63, 3.8) is 0 Å². The fourth-order valence-electron chi connectivity index (χ4n) is 1.21. The van der Waals surface area contributed by atoms with E-state index in [1.54, 1.807) is 12.3 Å². The molecule has 0 saturated heterocycles. The van der Waals surface area contributed by atoms with Crippen molar-refractivity contribution >= 4 is 5.97 Å². The van der Waals surface area contributed by atoms with Crippen LogP contribution in [0.5, 0.6) is 5.88 Å². The molecule has 64 valence electrons. The highest BCUT2D eigenvalue weighted by atomic mass is 16.5. The van der Waals surface area contributed by atoms with Gasteiger partial charge in [-0.25, -0.2) is 0 Å². The first-order valence-corrected chi connectivity index (χ1v) is 4.21. The van der Waals surface area contributed by atoms with Gasteiger partial charge in [0.05, 0.1) is 5.92 Å². The minimum Gasteiger partial charge on any atom is -0.409 e. The van der Waals surface area contributed by atoms with E-state index < -0.39 is 0 Å². The maximum Gasteiger partial charge on any atom is 0.315 e. The van der Waals surface area contributed by atoms with E-state index in [2.05, 4.69) is 4.98 Å². The molecule has 0 atom stereocenters. The average molecular weight is 165 g/mol. The van der Waals surface area contributed by atoms with Gasteiger partial charge in [-0.3, -0.25) is 4.79 Å². The zero-order valence-corrected chi connectivity index (χ0v) is 6.75. The summed E-state index contributed by atoms with van der Waals surface area (Å²) in [5.41, 5.74) is 0. The largest absolute Gasteiger partial charge is 0.409 e. The van der Waals surface area contributed by atoms with Crippen LogP contribution in [0.15, 0.2) is 18.3 Å². The van der Waals surface area contributed by atoms with Crippen molar-refractivity contribution in [1.29, 1.82) is 0 Å². The molecule has 1 fully saturated rings. The monoisotopic (exact) mass is 165 g/mol. The van der Waals surface area contributed by atoms with E-state index in [1.165, 1.54) is 0 Å². The zero-order chi connectivity index (χ0) is 8.39. The molecule has 0 aliphatic heterocycles. The molecular weight excluding hydrogens is 154 g/mol. The number of carbonyl (C=O) groups excluding carboxylic acids is 1. The summed E-state index contributed by atoms with van der Waals surface area (Å²) in [4.78, 5) is 14.1. The molecule has 3 heteroatoms. The quantitative estimate of drug-likeness (QED) is 0.678. The summed E-state index contributed by atoms with van der Waals surface area (Å²) in [7, 11) is 0. The molecule has 1 aliphatic rings. The third-order valence-electron chi connectivity index (χ3n) is 2.22. The van der Waals surface area contributed by atoms with Gasteiger partial charge in [0.25, 0.3) is 0 Å². The topological polar surface area (TPSA) is 42.1 Å². The number of rotatable bonds is 2. The summed E-state index contributed by atoms with van der Waals surface area (Å²) in [6.45, 7) is 0. The van der Waals surface area contributed by atoms with E-state index in [9.17, 15) is 4.79 Å². The summed E-state index contributed by atoms with van der Waals surface area (Å²) in [6, 6.07) is 3.56. The van der Waals surface area contributed by atoms with Crippen molar-refractivity contribution in [1.82, 2.24) is 4.98 Å². The van der Waals surface area contributed by atoms with Crippen molar-refractivity contribution in [2.24, 2.45) is 5.92 Å². The van der Waals surface area contributed by atoms with E-state index in [1.807, 2.05) is 6.07 Å². The Morgan fingerprint density at radius 1 is 1.58 bits per heavy atom. The second kappa shape index (κ2) is 3.01. The average Bonchev–Trinajstić information content (AvgIpc) is 2.34. The number of hydrogen-bond acceptors (Lipinski definition) is 2. The Hall–Kier alpha value is -1.25. The van der Waals surface area contributed by atoms with Gasteiger partial charge in [0.1, 0.15) is 0 Å². The molecule has 2 rings (SSSR count). The Balaban J connectivity index is 1.90. The van der Waals surface area contributed by atoms with Crippen LogP contribution in [-0.4, -0.2) is 11.0 Å². The Morgan fingerprint density at radius 3 is 2.92 bits per heavy atom. The fraction of sp³-hybridized carbons (Fsp3) is 0.444. The molecule has 0 bridgehead atoms. The standard InChI is InChI=1S/C9H11NO2/c11-9(7-3-1-4-7)12-8-5-2-6-10-8/h2,5-7,10H,1,3-4H2. The molecule has 12 heavy (non-hydrogen) atoms. The van der Waals surface area contributed by atoms with Gasteiger partial charge >= 0.3 is 5.97 Å². The van der Waals surface area contributed by atoms with Crippen LogP contribution < -0.4 is 4.74 Å². The molecule has 1 N–H and O–H groups in total. The molecule has 0 amide bonds. The zero-order valence-electron chi connectivity index (χ0n) is 6.75. The van der Waals surface area contributed by atoms with Crippen molar-refractivity contribution in [3.05, 3.63) is 18.3 Å². The first kappa shape index (κ1) is 7.40. The van der Waals surface area contributed by atoms with E-state index in [-0.39, 0.29) is 11.9 Å². The minimum absolute atomic E-state index is 0.0938. The predicted octanol–water partition coefficient (Wildman–Crippen LogP) is 1.72. The van der Waals surface area contributed by atoms with Gasteiger partial charge in [-0.05, 0) is 18.9 Å². The van der Waals surface area contributed by atoms with Crippen LogP contribution in [0.2, 0.25) is 0 Å². The molecule has 0 spiro atoms. The summed E-state index contributed by atoms with van der Waals surface area (Å²) in [5.74, 6) is 0.601. The maximum atomic E-state index is 11.3. The van der Waals surface area contributed by atoms with Crippen LogP contribution in [0, 0.1) is 5.92 Å². The van der Waals surface area contributed by atoms with Gasteiger partial charge in [0.2, 0.25) is 5.88 Å². The first-order valence-electron chi connectivity index (χ1n) is 4.21. The third kappa shape index (κ3) is 1.35. The van der Waals surface area contributed by atoms with Crippen LogP contribution in [0.3, 0.4) is 0 Å². The number of H-pyrrole nitrogens is 1. The van der Waals surface area contributed by atoms with Crippen LogP contribution >= 0.6 is 0 Å². The number of esters is 1. The number of aromatic nitrogens is 1. The maximum absolute atomic E-state index is 11.3. The number of nitrogens with one attached hydrogen (secondary N) is 1. The van der Waals surface area contributed by atoms with Crippen LogP contribution in [0.4, 0.5) is 0 Å². The van der Waals surface area contributed by atoms with Gasteiger partial charge in [0, 0.05) is 12.3 Å². The van der Waals surface area contributed by atoms with Gasteiger partial charge < -0.3 is 9.72 Å². The van der Waals surface area contributed by atoms with Gasteiger partial charge in [-0.1, -0.05) is 6.42 Å². The lowest BCUT2D eigenvalue weighted by atomic mass is 9.86. The van der Waals surface area contributed by atoms with Gasteiger partial charge in [-0.15, -0.1) is 0 Å². The van der Waals surface area contributed by atoms with Crippen molar-refractivity contribution in [3.8, 4) is 5.88 Å². The Bertz CT molecular complexity index is 262. The van der Waals surface area contributed by atoms with Gasteiger partial charge in [0.15, 0.2) is 0 Å². The lowest BCUT2D eigenvalue weighted by molar-refractivity contribution is -0.141. The van der Waals surface area contributed by atoms with Crippen molar-refractivity contribution in [2.45, 2.75) is 19.3 Å². The number of ether oxygens (including phenoxy) is 1. The highest BCUT2D eigenvalue weighted by Crippen LogP contribution is 2.27. The van der Waals surface area contributed by atoms with E-state index in [4.69, 9.17) is 4.74 Å². The van der Waals surface area contributed by atoms with Crippen LogP contribution in [-0.2, 0) is 4.79 Å². The summed E-state index contributed by atoms with van der Waals surface area (Å²) < 4.78 is 5.06. The molecule has 0 radical (unpaired) electrons. The predicted molar refractivity (Wildman–Crippen MR) is 43.8 cm³/mol. The number of aromatic amines is 1. The van der Waals surface area contributed by atoms with Crippen molar-refractivity contribution in [2.75, 3.05) is 0 Å². The third-order valence-corrected chi connectivity index (χ3v) is 2.22. The van der Waals surface area contributed by atoms with Crippen molar-refractivity contribution < 1.29 is 9.53 Å². The van der Waals surface area contributed by atoms with Crippen LogP contribution in [0.1, 0.15) is 19.3 Å². The number of carbonyl (C=O) groups is 1. The highest BCUT2D eigenvalue weighted by Gasteiger charge is 2.27. The lowest BCUT2D eigenvalue weighted by Crippen LogP contribution is -2.26. The first-order chi connectivity index (χ1) is 5.86. The minimum atomic E-state index is -0.0938. The Kier molecular flexibility index (Phi) is 1.86. The highest BCUT2D eigenvalue weighted by molar-refractivity contribution is 5.75. The van der Waals surface area contributed by atoms with E-state index >= 15 is 0 Å². The smallest absolute Gasteiger partial charge is 0.315 e. The molecule has 1 aromatic heterocycles. The Labute approximate surface area is 70.7 Å². The molecule has 3 nitrogen and oxygen atoms in total. The summed E-state index contributed by atoms with van der Waals surface area (Å²) in [6.07, 6.45) is 4.87. The van der Waals surface area contributed by atoms with Crippen LogP contribution in [0.25, 0.3) is 0 Å². The van der Waals surface area contributed by atoms with E-state index in [0.29, 0.717) is 5.88 Å². The molecule has 1 aromatic rings. The molecule has 0 aromatic carbocycles. The van der Waals surface area contributed by atoms with E-state index in [0.717, 1.165) is 19.3 Å². The fourth-order valence-corrected chi connectivity index (χ4v) is 1.21. The molecule has 0 unspecified atom stereocenters. The lowest BCUT2D eigenvalue weighted by Gasteiger charge is -2.22. The summed E-state index contributed by atoms with van der Waals surface area (Å²) in [5, 5.41) is 0. The molecular formula is C9H11NO2. The van der Waals surface area contributed by atoms with Gasteiger partial charge in [-0.2, -0.15) is 0 Å². The molecule has 1 saturated carbocycles. The second-order valence-corrected chi connectivity index (χ2v) is 3.08. The number of hydrogen-bond donors (Lipinski definition) is 1. The SMILES string of the molecule is O=C(Oc1ccc[nH]1)C1CCC1. The second-order valence-electron chi connectivity index (χ2n) is 3.08.